The minimum absolute atomic E-state index is 0.0378. The fourth-order valence-electron chi connectivity index (χ4n) is 2.61. The maximum atomic E-state index is 13.8. The molecule has 1 aromatic carbocycles. The van der Waals surface area contributed by atoms with Gasteiger partial charge in [-0.2, -0.15) is 0 Å². The van der Waals surface area contributed by atoms with E-state index in [4.69, 9.17) is 4.74 Å². The Morgan fingerprint density at radius 3 is 2.47 bits per heavy atom. The molecule has 3 atom stereocenters. The molecule has 17 heavy (non-hydrogen) atoms. The van der Waals surface area contributed by atoms with E-state index in [1.54, 1.807) is 13.2 Å². The first-order chi connectivity index (χ1) is 7.96. The van der Waals surface area contributed by atoms with Crippen LogP contribution in [0.15, 0.2) is 24.3 Å². The molecule has 0 N–H and O–H groups in total. The molecule has 0 bridgehead atoms. The van der Waals surface area contributed by atoms with Gasteiger partial charge in [0.1, 0.15) is 5.82 Å². The molecule has 3 heteroatoms. The van der Waals surface area contributed by atoms with Crippen LogP contribution in [0.3, 0.4) is 0 Å². The Morgan fingerprint density at radius 1 is 1.29 bits per heavy atom. The minimum atomic E-state index is -0.120. The Bertz CT molecular complexity index is 399. The van der Waals surface area contributed by atoms with Crippen molar-refractivity contribution in [2.45, 2.75) is 38.4 Å². The third-order valence-electron chi connectivity index (χ3n) is 3.27. The first kappa shape index (κ1) is 12.5. The van der Waals surface area contributed by atoms with Gasteiger partial charge < -0.3 is 4.74 Å². The van der Waals surface area contributed by atoms with Crippen LogP contribution in [0.2, 0.25) is 0 Å². The van der Waals surface area contributed by atoms with Crippen molar-refractivity contribution in [1.29, 1.82) is 0 Å². The highest BCUT2D eigenvalue weighted by Gasteiger charge is 2.54. The molecule has 1 aromatic rings. The molecule has 1 aliphatic heterocycles. The molecular formula is C14H20FNO. The summed E-state index contributed by atoms with van der Waals surface area (Å²) in [5.74, 6) is -0.120. The fourth-order valence-corrected chi connectivity index (χ4v) is 2.61. The smallest absolute Gasteiger partial charge is 0.128 e. The van der Waals surface area contributed by atoms with Gasteiger partial charge in [-0.15, -0.1) is 0 Å². The van der Waals surface area contributed by atoms with Crippen molar-refractivity contribution in [2.24, 2.45) is 0 Å². The Morgan fingerprint density at radius 2 is 1.94 bits per heavy atom. The van der Waals surface area contributed by atoms with Gasteiger partial charge in [0.2, 0.25) is 0 Å². The SMILES string of the molecule is COC[C@@H]1[C@H](c2ccccc2F)N1C(C)(C)C. The molecule has 94 valence electrons. The lowest BCUT2D eigenvalue weighted by atomic mass is 10.1. The Kier molecular flexibility index (Phi) is 3.23. The molecule has 0 spiro atoms. The Hall–Kier alpha value is -0.930. The van der Waals surface area contributed by atoms with Crippen LogP contribution >= 0.6 is 0 Å². The lowest BCUT2D eigenvalue weighted by Crippen LogP contribution is -2.28. The van der Waals surface area contributed by atoms with Crippen LogP contribution in [0.1, 0.15) is 32.4 Å². The number of ether oxygens (including phenoxy) is 1. The summed E-state index contributed by atoms with van der Waals surface area (Å²) >= 11 is 0. The molecule has 1 fully saturated rings. The molecule has 2 nitrogen and oxygen atoms in total. The average molecular weight is 237 g/mol. The van der Waals surface area contributed by atoms with Crippen molar-refractivity contribution in [3.63, 3.8) is 0 Å². The van der Waals surface area contributed by atoms with Crippen LogP contribution in [0.5, 0.6) is 0 Å². The van der Waals surface area contributed by atoms with Crippen LogP contribution in [0.4, 0.5) is 4.39 Å². The summed E-state index contributed by atoms with van der Waals surface area (Å²) in [5, 5.41) is 0. The highest BCUT2D eigenvalue weighted by Crippen LogP contribution is 2.49. The van der Waals surface area contributed by atoms with Gasteiger partial charge in [-0.3, -0.25) is 4.90 Å². The molecule has 0 amide bonds. The third-order valence-corrected chi connectivity index (χ3v) is 3.27. The minimum Gasteiger partial charge on any atom is -0.383 e. The van der Waals surface area contributed by atoms with Gasteiger partial charge in [-0.25, -0.2) is 4.39 Å². The summed E-state index contributed by atoms with van der Waals surface area (Å²) in [7, 11) is 1.69. The van der Waals surface area contributed by atoms with E-state index < -0.39 is 0 Å². The molecule has 1 unspecified atom stereocenters. The molecule has 2 rings (SSSR count). The second-order valence-electron chi connectivity index (χ2n) is 5.57. The topological polar surface area (TPSA) is 12.2 Å². The van der Waals surface area contributed by atoms with Crippen LogP contribution in [0, 0.1) is 5.82 Å². The summed E-state index contributed by atoms with van der Waals surface area (Å²) in [5.41, 5.74) is 0.820. The van der Waals surface area contributed by atoms with Gasteiger partial charge in [0.15, 0.2) is 0 Å². The van der Waals surface area contributed by atoms with Gasteiger partial charge in [0.05, 0.1) is 18.7 Å². The Balaban J connectivity index is 2.24. The van der Waals surface area contributed by atoms with Crippen molar-refractivity contribution in [3.05, 3.63) is 35.6 Å². The zero-order valence-electron chi connectivity index (χ0n) is 10.9. The maximum Gasteiger partial charge on any atom is 0.128 e. The molecule has 0 saturated carbocycles. The molecule has 1 heterocycles. The lowest BCUT2D eigenvalue weighted by molar-refractivity contribution is 0.168. The zero-order valence-corrected chi connectivity index (χ0v) is 10.9. The second-order valence-corrected chi connectivity index (χ2v) is 5.57. The van der Waals surface area contributed by atoms with Crippen LogP contribution in [-0.4, -0.2) is 30.2 Å². The van der Waals surface area contributed by atoms with E-state index in [2.05, 4.69) is 25.7 Å². The number of rotatable bonds is 3. The molecule has 0 aliphatic carbocycles. The predicted octanol–water partition coefficient (Wildman–Crippen LogP) is 3.00. The standard InChI is InChI=1S/C14H20FNO/c1-14(2,3)16-12(9-17-4)13(16)10-7-5-6-8-11(10)15/h5-8,12-13H,9H2,1-4H3/t12-,13+,16?/m1/s1. The second kappa shape index (κ2) is 4.39. The van der Waals surface area contributed by atoms with E-state index in [0.29, 0.717) is 6.61 Å². The number of nitrogens with zero attached hydrogens (tertiary/aromatic N) is 1. The first-order valence-electron chi connectivity index (χ1n) is 5.98. The van der Waals surface area contributed by atoms with E-state index in [0.717, 1.165) is 5.56 Å². The van der Waals surface area contributed by atoms with Gasteiger partial charge >= 0.3 is 0 Å². The van der Waals surface area contributed by atoms with Crippen LogP contribution in [0.25, 0.3) is 0 Å². The number of halogens is 1. The van der Waals surface area contributed by atoms with Gasteiger partial charge in [-0.05, 0) is 26.8 Å². The predicted molar refractivity (Wildman–Crippen MR) is 66.4 cm³/mol. The van der Waals surface area contributed by atoms with Crippen LogP contribution in [-0.2, 0) is 4.74 Å². The van der Waals surface area contributed by atoms with E-state index >= 15 is 0 Å². The van der Waals surface area contributed by atoms with Crippen LogP contribution < -0.4 is 0 Å². The van der Waals surface area contributed by atoms with Crippen molar-refractivity contribution in [3.8, 4) is 0 Å². The quantitative estimate of drug-likeness (QED) is 0.749. The third kappa shape index (κ3) is 2.35. The summed E-state index contributed by atoms with van der Waals surface area (Å²) in [6.45, 7) is 7.10. The van der Waals surface area contributed by atoms with E-state index in [1.165, 1.54) is 6.07 Å². The monoisotopic (exact) mass is 237 g/mol. The molecule has 1 aliphatic rings. The fraction of sp³-hybridized carbons (Fsp3) is 0.571. The van der Waals surface area contributed by atoms with E-state index in [-0.39, 0.29) is 23.4 Å². The summed E-state index contributed by atoms with van der Waals surface area (Å²) in [4.78, 5) is 2.30. The summed E-state index contributed by atoms with van der Waals surface area (Å²) in [6.07, 6.45) is 0. The highest BCUT2D eigenvalue weighted by atomic mass is 19.1. The Labute approximate surface area is 102 Å². The van der Waals surface area contributed by atoms with E-state index in [1.807, 2.05) is 12.1 Å². The summed E-state index contributed by atoms with van der Waals surface area (Å²) < 4.78 is 19.0. The molecule has 1 saturated heterocycles. The molecule has 0 radical (unpaired) electrons. The van der Waals surface area contributed by atoms with Gasteiger partial charge in [-0.1, -0.05) is 18.2 Å². The van der Waals surface area contributed by atoms with Crippen molar-refractivity contribution in [2.75, 3.05) is 13.7 Å². The van der Waals surface area contributed by atoms with Gasteiger partial charge in [0.25, 0.3) is 0 Å². The summed E-state index contributed by atoms with van der Waals surface area (Å²) in [6, 6.07) is 7.45. The lowest BCUT2D eigenvalue weighted by Gasteiger charge is -2.22. The average Bonchev–Trinajstić information content (AvgIpc) is 2.93. The number of hydrogen-bond acceptors (Lipinski definition) is 2. The number of benzene rings is 1. The molecular weight excluding hydrogens is 217 g/mol. The highest BCUT2D eigenvalue weighted by molar-refractivity contribution is 5.30. The first-order valence-corrected chi connectivity index (χ1v) is 5.98. The maximum absolute atomic E-state index is 13.8. The number of methoxy groups -OCH3 is 1. The van der Waals surface area contributed by atoms with Crippen molar-refractivity contribution >= 4 is 0 Å². The zero-order chi connectivity index (χ0) is 12.6. The van der Waals surface area contributed by atoms with Crippen molar-refractivity contribution in [1.82, 2.24) is 4.90 Å². The van der Waals surface area contributed by atoms with Crippen molar-refractivity contribution < 1.29 is 9.13 Å². The van der Waals surface area contributed by atoms with Gasteiger partial charge in [0, 0.05) is 18.2 Å². The normalized spacial score (nSPS) is 28.2. The van der Waals surface area contributed by atoms with E-state index in [9.17, 15) is 4.39 Å². The molecule has 0 aromatic heterocycles. The largest absolute Gasteiger partial charge is 0.383 e. The number of hydrogen-bond donors (Lipinski definition) is 0.